The highest BCUT2D eigenvalue weighted by atomic mass is 35.5. The van der Waals surface area contributed by atoms with Gasteiger partial charge in [-0.05, 0) is 60.5 Å². The third-order valence-electron chi connectivity index (χ3n) is 7.27. The van der Waals surface area contributed by atoms with Gasteiger partial charge >= 0.3 is 0 Å². The molecule has 9 nitrogen and oxygen atoms in total. The van der Waals surface area contributed by atoms with Crippen molar-refractivity contribution in [3.8, 4) is 17.0 Å². The number of sulfone groups is 1. The van der Waals surface area contributed by atoms with E-state index in [1.54, 1.807) is 53.9 Å². The Morgan fingerprint density at radius 1 is 1.00 bits per heavy atom. The first kappa shape index (κ1) is 33.3. The van der Waals surface area contributed by atoms with Crippen molar-refractivity contribution in [1.82, 2.24) is 19.9 Å². The second-order valence-electron chi connectivity index (χ2n) is 10.6. The quantitative estimate of drug-likeness (QED) is 0.126. The van der Waals surface area contributed by atoms with Crippen molar-refractivity contribution in [2.75, 3.05) is 17.7 Å². The standard InChI is InChI=1S/C34H28ClF2N5O4S2/c1-2-30(45-12-13-48(43,44)32-8-3-4-11-38-32)34-42-29(19-47-34)24-16-25-28(17-27(24)37)39-20-40-33(25)41-23-9-10-31(26(35)15-23)46-18-21-6-5-7-22(36)14-21/h3-11,14-17,19-20,30H,2,12-13,18H2,1H3,(H,39,40,41). The number of fused-ring (bicyclic) bond motifs is 1. The molecule has 0 amide bonds. The SMILES string of the molecule is CCC(OCCS(=O)(=O)c1ccccn1)c1nc(-c2cc3c(Nc4ccc(OCc5cccc(F)c5)c(Cl)c4)ncnc3cc2F)cs1. The molecule has 246 valence electrons. The molecule has 3 aromatic heterocycles. The zero-order valence-corrected chi connectivity index (χ0v) is 27.8. The minimum atomic E-state index is -3.60. The number of nitrogens with one attached hydrogen (secondary N) is 1. The molecule has 6 aromatic rings. The molecule has 48 heavy (non-hydrogen) atoms. The van der Waals surface area contributed by atoms with E-state index in [9.17, 15) is 12.8 Å². The van der Waals surface area contributed by atoms with Crippen molar-refractivity contribution < 1.29 is 26.7 Å². The van der Waals surface area contributed by atoms with Gasteiger partial charge in [0.15, 0.2) is 14.9 Å². The average molecular weight is 708 g/mol. The summed E-state index contributed by atoms with van der Waals surface area (Å²) in [5, 5.41) is 6.42. The molecular weight excluding hydrogens is 680 g/mol. The number of rotatable bonds is 13. The van der Waals surface area contributed by atoms with Crippen molar-refractivity contribution in [2.45, 2.75) is 31.1 Å². The summed E-state index contributed by atoms with van der Waals surface area (Å²) >= 11 is 7.79. The Morgan fingerprint density at radius 2 is 1.88 bits per heavy atom. The van der Waals surface area contributed by atoms with Gasteiger partial charge in [0.2, 0.25) is 0 Å². The van der Waals surface area contributed by atoms with Gasteiger partial charge in [0.05, 0.1) is 28.6 Å². The highest BCUT2D eigenvalue weighted by Gasteiger charge is 2.21. The summed E-state index contributed by atoms with van der Waals surface area (Å²) in [5.74, 6) is -0.248. The molecule has 0 radical (unpaired) electrons. The largest absolute Gasteiger partial charge is 0.487 e. The topological polar surface area (TPSA) is 116 Å². The zero-order chi connectivity index (χ0) is 33.7. The predicted molar refractivity (Wildman–Crippen MR) is 181 cm³/mol. The number of halogens is 3. The highest BCUT2D eigenvalue weighted by Crippen LogP contribution is 2.35. The number of aromatic nitrogens is 4. The maximum Gasteiger partial charge on any atom is 0.197 e. The van der Waals surface area contributed by atoms with Crippen LogP contribution in [-0.2, 0) is 21.2 Å². The van der Waals surface area contributed by atoms with Crippen LogP contribution in [0.1, 0.15) is 30.0 Å². The van der Waals surface area contributed by atoms with Crippen LogP contribution < -0.4 is 10.1 Å². The highest BCUT2D eigenvalue weighted by molar-refractivity contribution is 7.91. The fourth-order valence-corrected chi connectivity index (χ4v) is 7.07. The van der Waals surface area contributed by atoms with Crippen LogP contribution in [0.25, 0.3) is 22.2 Å². The Bertz CT molecular complexity index is 2170. The van der Waals surface area contributed by atoms with Gasteiger partial charge in [0.25, 0.3) is 0 Å². The Hall–Kier alpha value is -4.56. The van der Waals surface area contributed by atoms with E-state index in [-0.39, 0.29) is 35.4 Å². The first-order valence-corrected chi connectivity index (χ1v) is 17.7. The normalized spacial score (nSPS) is 12.2. The molecular formula is C34H28ClF2N5O4S2. The predicted octanol–water partition coefficient (Wildman–Crippen LogP) is 8.34. The smallest absolute Gasteiger partial charge is 0.197 e. The van der Waals surface area contributed by atoms with Crippen molar-refractivity contribution in [2.24, 2.45) is 0 Å². The average Bonchev–Trinajstić information content (AvgIpc) is 3.56. The van der Waals surface area contributed by atoms with E-state index >= 15 is 4.39 Å². The Labute approximate surface area is 284 Å². The molecule has 0 aliphatic carbocycles. The lowest BCUT2D eigenvalue weighted by atomic mass is 10.1. The lowest BCUT2D eigenvalue weighted by Gasteiger charge is -2.14. The number of thiazole rings is 1. The molecule has 0 spiro atoms. The molecule has 1 N–H and O–H groups in total. The second kappa shape index (κ2) is 14.7. The van der Waals surface area contributed by atoms with Crippen molar-refractivity contribution >= 4 is 55.2 Å². The monoisotopic (exact) mass is 707 g/mol. The van der Waals surface area contributed by atoms with E-state index in [0.717, 1.165) is 0 Å². The summed E-state index contributed by atoms with van der Waals surface area (Å²) in [5.41, 5.74) is 2.30. The third-order valence-corrected chi connectivity index (χ3v) is 10.1. The Balaban J connectivity index is 1.17. The minimum Gasteiger partial charge on any atom is -0.487 e. The molecule has 0 fully saturated rings. The van der Waals surface area contributed by atoms with Gasteiger partial charge in [-0.1, -0.05) is 36.7 Å². The van der Waals surface area contributed by atoms with Crippen molar-refractivity contribution in [3.63, 3.8) is 0 Å². The third kappa shape index (κ3) is 7.76. The van der Waals surface area contributed by atoms with E-state index in [2.05, 4.69) is 25.3 Å². The lowest BCUT2D eigenvalue weighted by molar-refractivity contribution is 0.0609. The number of ether oxygens (including phenoxy) is 2. The summed E-state index contributed by atoms with van der Waals surface area (Å²) in [6, 6.07) is 18.9. The fraction of sp³-hybridized carbons (Fsp3) is 0.176. The van der Waals surface area contributed by atoms with Crippen LogP contribution in [0.3, 0.4) is 0 Å². The maximum atomic E-state index is 15.4. The van der Waals surface area contributed by atoms with Crippen LogP contribution in [-0.4, -0.2) is 40.7 Å². The molecule has 0 saturated heterocycles. The molecule has 0 aliphatic heterocycles. The van der Waals surface area contributed by atoms with Gasteiger partial charge in [-0.15, -0.1) is 11.3 Å². The van der Waals surface area contributed by atoms with Gasteiger partial charge in [-0.25, -0.2) is 37.1 Å². The maximum absolute atomic E-state index is 15.4. The van der Waals surface area contributed by atoms with Crippen molar-refractivity contribution in [3.05, 3.63) is 118 Å². The molecule has 3 heterocycles. The number of hydrogen-bond donors (Lipinski definition) is 1. The molecule has 0 bridgehead atoms. The molecule has 0 aliphatic rings. The molecule has 6 rings (SSSR count). The van der Waals surface area contributed by atoms with Gasteiger partial charge in [0, 0.05) is 34.3 Å². The number of nitrogens with zero attached hydrogens (tertiary/aromatic N) is 4. The first-order chi connectivity index (χ1) is 23.2. The van der Waals surface area contributed by atoms with E-state index in [1.165, 1.54) is 48.1 Å². The molecule has 14 heteroatoms. The summed E-state index contributed by atoms with van der Waals surface area (Å²) in [6.45, 7) is 2.00. The van der Waals surface area contributed by atoms with Gasteiger partial charge < -0.3 is 14.8 Å². The van der Waals surface area contributed by atoms with E-state index in [4.69, 9.17) is 21.1 Å². The fourth-order valence-electron chi connectivity index (χ4n) is 4.85. The van der Waals surface area contributed by atoms with Gasteiger partial charge in [0.1, 0.15) is 47.2 Å². The van der Waals surface area contributed by atoms with E-state index in [1.807, 2.05) is 6.92 Å². The van der Waals surface area contributed by atoms with Crippen LogP contribution in [0.15, 0.2) is 95.7 Å². The molecule has 3 aromatic carbocycles. The number of pyridine rings is 1. The van der Waals surface area contributed by atoms with Crippen LogP contribution in [0, 0.1) is 11.6 Å². The van der Waals surface area contributed by atoms with E-state index in [0.29, 0.717) is 55.9 Å². The minimum absolute atomic E-state index is 0.00503. The van der Waals surface area contributed by atoms with Gasteiger partial charge in [-0.3, -0.25) is 0 Å². The second-order valence-corrected chi connectivity index (χ2v) is 13.9. The molecule has 1 unspecified atom stereocenters. The number of benzene rings is 3. The van der Waals surface area contributed by atoms with Crippen LogP contribution in [0.4, 0.5) is 20.3 Å². The zero-order valence-electron chi connectivity index (χ0n) is 25.4. The van der Waals surface area contributed by atoms with Gasteiger partial charge in [-0.2, -0.15) is 0 Å². The summed E-state index contributed by atoms with van der Waals surface area (Å²) in [6.07, 6.45) is 2.83. The summed E-state index contributed by atoms with van der Waals surface area (Å²) in [7, 11) is -3.60. The van der Waals surface area contributed by atoms with E-state index < -0.39 is 21.8 Å². The first-order valence-electron chi connectivity index (χ1n) is 14.8. The number of hydrogen-bond acceptors (Lipinski definition) is 10. The Morgan fingerprint density at radius 3 is 2.65 bits per heavy atom. The lowest BCUT2D eigenvalue weighted by Crippen LogP contribution is -2.15. The van der Waals surface area contributed by atoms with Crippen LogP contribution in [0.5, 0.6) is 5.75 Å². The Kier molecular flexibility index (Phi) is 10.2. The molecule has 1 atom stereocenters. The molecule has 0 saturated carbocycles. The van der Waals surface area contributed by atoms with Crippen LogP contribution in [0.2, 0.25) is 5.02 Å². The summed E-state index contributed by atoms with van der Waals surface area (Å²) < 4.78 is 65.8. The van der Waals surface area contributed by atoms with Crippen molar-refractivity contribution in [1.29, 1.82) is 0 Å². The van der Waals surface area contributed by atoms with Crippen LogP contribution >= 0.6 is 22.9 Å². The number of anilines is 2. The summed E-state index contributed by atoms with van der Waals surface area (Å²) in [4.78, 5) is 17.2.